The number of benzene rings is 1. The van der Waals surface area contributed by atoms with E-state index < -0.39 is 0 Å². The Morgan fingerprint density at radius 2 is 2.25 bits per heavy atom. The lowest BCUT2D eigenvalue weighted by molar-refractivity contribution is -0.0833. The van der Waals surface area contributed by atoms with E-state index in [1.807, 2.05) is 13.8 Å². The molecule has 0 aliphatic carbocycles. The molecule has 1 aromatic carbocycles. The number of ether oxygens (including phenoxy) is 2. The standard InChI is InChI=1S/C15H20ClNO3/c1-15(2)10-17(6-7-20-15)9-13(18)11-4-5-14(19-3)12(16)8-11/h4-5,8H,6-7,9-10H2,1-3H3. The molecule has 0 spiro atoms. The summed E-state index contributed by atoms with van der Waals surface area (Å²) in [7, 11) is 1.55. The largest absolute Gasteiger partial charge is 0.495 e. The second-order valence-electron chi connectivity index (χ2n) is 5.59. The van der Waals surface area contributed by atoms with Crippen LogP contribution in [0.2, 0.25) is 5.02 Å². The zero-order valence-electron chi connectivity index (χ0n) is 12.1. The summed E-state index contributed by atoms with van der Waals surface area (Å²) in [5.74, 6) is 0.642. The van der Waals surface area contributed by atoms with Crippen LogP contribution >= 0.6 is 11.6 Å². The Labute approximate surface area is 124 Å². The van der Waals surface area contributed by atoms with Crippen LogP contribution in [0.5, 0.6) is 5.75 Å². The van der Waals surface area contributed by atoms with Gasteiger partial charge in [-0.3, -0.25) is 9.69 Å². The van der Waals surface area contributed by atoms with Crippen LogP contribution in [0.3, 0.4) is 0 Å². The molecular formula is C15H20ClNO3. The number of hydrogen-bond acceptors (Lipinski definition) is 4. The molecule has 110 valence electrons. The summed E-state index contributed by atoms with van der Waals surface area (Å²) in [5, 5.41) is 0.459. The van der Waals surface area contributed by atoms with Crippen molar-refractivity contribution in [3.8, 4) is 5.75 Å². The third-order valence-corrected chi connectivity index (χ3v) is 3.64. The van der Waals surface area contributed by atoms with E-state index in [1.54, 1.807) is 25.3 Å². The van der Waals surface area contributed by atoms with Crippen molar-refractivity contribution in [2.45, 2.75) is 19.4 Å². The third-order valence-electron chi connectivity index (χ3n) is 3.35. The van der Waals surface area contributed by atoms with Crippen LogP contribution in [-0.2, 0) is 4.74 Å². The topological polar surface area (TPSA) is 38.8 Å². The summed E-state index contributed by atoms with van der Waals surface area (Å²) in [5.41, 5.74) is 0.413. The number of nitrogens with zero attached hydrogens (tertiary/aromatic N) is 1. The Bertz CT molecular complexity index is 502. The van der Waals surface area contributed by atoms with Gasteiger partial charge in [0, 0.05) is 18.7 Å². The quantitative estimate of drug-likeness (QED) is 0.801. The van der Waals surface area contributed by atoms with Gasteiger partial charge in [-0.05, 0) is 32.0 Å². The summed E-state index contributed by atoms with van der Waals surface area (Å²) in [6.07, 6.45) is 0. The highest BCUT2D eigenvalue weighted by Gasteiger charge is 2.28. The van der Waals surface area contributed by atoms with Crippen molar-refractivity contribution in [3.63, 3.8) is 0 Å². The first-order valence-electron chi connectivity index (χ1n) is 6.64. The van der Waals surface area contributed by atoms with Gasteiger partial charge in [0.05, 0.1) is 30.9 Å². The van der Waals surface area contributed by atoms with Gasteiger partial charge in [-0.1, -0.05) is 11.6 Å². The second kappa shape index (κ2) is 6.12. The van der Waals surface area contributed by atoms with Gasteiger partial charge < -0.3 is 9.47 Å². The van der Waals surface area contributed by atoms with Crippen LogP contribution in [0.1, 0.15) is 24.2 Å². The van der Waals surface area contributed by atoms with Crippen molar-refractivity contribution in [2.24, 2.45) is 0 Å². The minimum atomic E-state index is -0.198. The monoisotopic (exact) mass is 297 g/mol. The Balaban J connectivity index is 2.03. The van der Waals surface area contributed by atoms with E-state index in [4.69, 9.17) is 21.1 Å². The maximum absolute atomic E-state index is 12.3. The van der Waals surface area contributed by atoms with Gasteiger partial charge in [-0.15, -0.1) is 0 Å². The maximum Gasteiger partial charge on any atom is 0.176 e. The highest BCUT2D eigenvalue weighted by Crippen LogP contribution is 2.25. The summed E-state index contributed by atoms with van der Waals surface area (Å²) in [4.78, 5) is 14.4. The van der Waals surface area contributed by atoms with Gasteiger partial charge in [0.2, 0.25) is 0 Å². The molecule has 1 heterocycles. The molecule has 1 aliphatic heterocycles. The molecule has 0 unspecified atom stereocenters. The number of ketones is 1. The number of morpholine rings is 1. The van der Waals surface area contributed by atoms with Crippen molar-refractivity contribution in [1.82, 2.24) is 4.90 Å². The summed E-state index contributed by atoms with van der Waals surface area (Å²) in [6.45, 7) is 6.64. The lowest BCUT2D eigenvalue weighted by Crippen LogP contribution is -2.49. The lowest BCUT2D eigenvalue weighted by atomic mass is 10.1. The molecule has 0 amide bonds. The van der Waals surface area contributed by atoms with Crippen LogP contribution in [0.25, 0.3) is 0 Å². The van der Waals surface area contributed by atoms with Gasteiger partial charge in [0.15, 0.2) is 5.78 Å². The molecule has 20 heavy (non-hydrogen) atoms. The van der Waals surface area contributed by atoms with Gasteiger partial charge in [0.1, 0.15) is 5.75 Å². The molecule has 1 saturated heterocycles. The van der Waals surface area contributed by atoms with Gasteiger partial charge >= 0.3 is 0 Å². The second-order valence-corrected chi connectivity index (χ2v) is 6.00. The fourth-order valence-corrected chi connectivity index (χ4v) is 2.64. The normalized spacial score (nSPS) is 18.8. The number of methoxy groups -OCH3 is 1. The molecule has 1 aromatic rings. The lowest BCUT2D eigenvalue weighted by Gasteiger charge is -2.37. The molecule has 1 aliphatic rings. The first kappa shape index (κ1) is 15.3. The minimum Gasteiger partial charge on any atom is -0.495 e. The molecule has 4 nitrogen and oxygen atoms in total. The molecule has 5 heteroatoms. The molecular weight excluding hydrogens is 278 g/mol. The van der Waals surface area contributed by atoms with Crippen molar-refractivity contribution in [2.75, 3.05) is 33.4 Å². The number of halogens is 1. The highest BCUT2D eigenvalue weighted by atomic mass is 35.5. The van der Waals surface area contributed by atoms with Crippen LogP contribution in [0, 0.1) is 0 Å². The van der Waals surface area contributed by atoms with E-state index >= 15 is 0 Å². The first-order valence-corrected chi connectivity index (χ1v) is 7.02. The summed E-state index contributed by atoms with van der Waals surface area (Å²) >= 11 is 6.05. The van der Waals surface area contributed by atoms with Crippen molar-refractivity contribution >= 4 is 17.4 Å². The molecule has 0 radical (unpaired) electrons. The van der Waals surface area contributed by atoms with Gasteiger partial charge in [0.25, 0.3) is 0 Å². The fraction of sp³-hybridized carbons (Fsp3) is 0.533. The van der Waals surface area contributed by atoms with E-state index in [2.05, 4.69) is 4.90 Å². The zero-order chi connectivity index (χ0) is 14.8. The Morgan fingerprint density at radius 1 is 1.50 bits per heavy atom. The number of hydrogen-bond donors (Lipinski definition) is 0. The van der Waals surface area contributed by atoms with Crippen molar-refractivity contribution in [1.29, 1.82) is 0 Å². The minimum absolute atomic E-state index is 0.0623. The molecule has 0 N–H and O–H groups in total. The van der Waals surface area contributed by atoms with Gasteiger partial charge in [-0.2, -0.15) is 0 Å². The van der Waals surface area contributed by atoms with E-state index in [9.17, 15) is 4.79 Å². The number of rotatable bonds is 4. The highest BCUT2D eigenvalue weighted by molar-refractivity contribution is 6.32. The first-order chi connectivity index (χ1) is 9.41. The van der Waals surface area contributed by atoms with Crippen LogP contribution in [-0.4, -0.2) is 49.6 Å². The Kier molecular flexibility index (Phi) is 4.68. The average molecular weight is 298 g/mol. The number of Topliss-reactive ketones (excluding diaryl/α,β-unsaturated/α-hetero) is 1. The molecule has 0 bridgehead atoms. The van der Waals surface area contributed by atoms with Crippen LogP contribution < -0.4 is 4.74 Å². The fourth-order valence-electron chi connectivity index (χ4n) is 2.38. The molecule has 0 aromatic heterocycles. The zero-order valence-corrected chi connectivity index (χ0v) is 12.9. The summed E-state index contributed by atoms with van der Waals surface area (Å²) < 4.78 is 10.7. The number of carbonyl (C=O) groups is 1. The van der Waals surface area contributed by atoms with E-state index in [-0.39, 0.29) is 11.4 Å². The predicted octanol–water partition coefficient (Wildman–Crippen LogP) is 2.64. The molecule has 1 fully saturated rings. The van der Waals surface area contributed by atoms with Gasteiger partial charge in [-0.25, -0.2) is 0 Å². The van der Waals surface area contributed by atoms with Crippen LogP contribution in [0.4, 0.5) is 0 Å². The molecule has 0 saturated carbocycles. The Hall–Kier alpha value is -1.10. The maximum atomic E-state index is 12.3. The van der Waals surface area contributed by atoms with Crippen molar-refractivity contribution < 1.29 is 14.3 Å². The predicted molar refractivity (Wildman–Crippen MR) is 78.8 cm³/mol. The SMILES string of the molecule is COc1ccc(C(=O)CN2CCOC(C)(C)C2)cc1Cl. The van der Waals surface area contributed by atoms with E-state index in [0.717, 1.165) is 13.1 Å². The summed E-state index contributed by atoms with van der Waals surface area (Å²) in [6, 6.07) is 5.13. The Morgan fingerprint density at radius 3 is 2.85 bits per heavy atom. The van der Waals surface area contributed by atoms with Crippen LogP contribution in [0.15, 0.2) is 18.2 Å². The number of carbonyl (C=O) groups excluding carboxylic acids is 1. The molecule has 2 rings (SSSR count). The van der Waals surface area contributed by atoms with Crippen molar-refractivity contribution in [3.05, 3.63) is 28.8 Å². The molecule has 0 atom stereocenters. The average Bonchev–Trinajstić information content (AvgIpc) is 2.37. The van der Waals surface area contributed by atoms with E-state index in [0.29, 0.717) is 29.5 Å². The third kappa shape index (κ3) is 3.72. The smallest absolute Gasteiger partial charge is 0.176 e. The van der Waals surface area contributed by atoms with E-state index in [1.165, 1.54) is 0 Å².